The van der Waals surface area contributed by atoms with E-state index in [9.17, 15) is 13.2 Å². The van der Waals surface area contributed by atoms with Crippen LogP contribution in [0.1, 0.15) is 37.7 Å². The molecule has 2 rings (SSSR count). The number of carbonyl (C=O) groups excluding carboxylic acids is 1. The van der Waals surface area contributed by atoms with Crippen LogP contribution < -0.4 is 0 Å². The highest BCUT2D eigenvalue weighted by Crippen LogP contribution is 2.35. The number of aldehydes is 1. The third-order valence-corrected chi connectivity index (χ3v) is 5.19. The summed E-state index contributed by atoms with van der Waals surface area (Å²) in [6.45, 7) is 1.84. The van der Waals surface area contributed by atoms with Crippen molar-refractivity contribution in [1.82, 2.24) is 0 Å². The van der Waals surface area contributed by atoms with Crippen LogP contribution in [-0.2, 0) is 19.1 Å². The molecular formula is C15H20O4S. The summed E-state index contributed by atoms with van der Waals surface area (Å²) in [5.41, 5.74) is 0.358. The molecule has 0 aromatic heterocycles. The first kappa shape index (κ1) is 15.2. The van der Waals surface area contributed by atoms with E-state index in [1.54, 1.807) is 12.1 Å². The van der Waals surface area contributed by atoms with Crippen molar-refractivity contribution >= 4 is 16.4 Å². The Morgan fingerprint density at radius 2 is 1.75 bits per heavy atom. The Kier molecular flexibility index (Phi) is 4.60. The van der Waals surface area contributed by atoms with E-state index >= 15 is 0 Å². The zero-order valence-corrected chi connectivity index (χ0v) is 12.5. The van der Waals surface area contributed by atoms with Crippen LogP contribution in [0.2, 0.25) is 0 Å². The van der Waals surface area contributed by atoms with E-state index in [0.29, 0.717) is 12.8 Å². The van der Waals surface area contributed by atoms with Gasteiger partial charge < -0.3 is 4.79 Å². The molecule has 1 fully saturated rings. The Morgan fingerprint density at radius 1 is 1.15 bits per heavy atom. The molecule has 0 saturated heterocycles. The maximum absolute atomic E-state index is 12.1. The lowest BCUT2D eigenvalue weighted by Gasteiger charge is -2.31. The zero-order chi connectivity index (χ0) is 14.6. The zero-order valence-electron chi connectivity index (χ0n) is 11.7. The first-order valence-corrected chi connectivity index (χ1v) is 8.31. The van der Waals surface area contributed by atoms with E-state index in [0.717, 1.165) is 31.1 Å². The second kappa shape index (κ2) is 6.06. The topological polar surface area (TPSA) is 60.4 Å². The van der Waals surface area contributed by atoms with Crippen molar-refractivity contribution in [3.8, 4) is 0 Å². The SMILES string of the molecule is Cc1ccc(S(=O)(=O)OCC2(C=O)CCCCC2)cc1. The summed E-state index contributed by atoms with van der Waals surface area (Å²) in [6, 6.07) is 6.51. The number of rotatable bonds is 5. The van der Waals surface area contributed by atoms with Crippen LogP contribution >= 0.6 is 0 Å². The Labute approximate surface area is 120 Å². The van der Waals surface area contributed by atoms with E-state index in [4.69, 9.17) is 4.18 Å². The lowest BCUT2D eigenvalue weighted by molar-refractivity contribution is -0.119. The molecule has 0 bridgehead atoms. The fraction of sp³-hybridized carbons (Fsp3) is 0.533. The lowest BCUT2D eigenvalue weighted by Crippen LogP contribution is -2.32. The Bertz CT molecular complexity index is 554. The molecule has 5 heteroatoms. The van der Waals surface area contributed by atoms with Crippen molar-refractivity contribution in [3.05, 3.63) is 29.8 Å². The molecule has 20 heavy (non-hydrogen) atoms. The second-order valence-electron chi connectivity index (χ2n) is 5.57. The smallest absolute Gasteiger partial charge is 0.297 e. The molecule has 4 nitrogen and oxygen atoms in total. The van der Waals surface area contributed by atoms with Gasteiger partial charge in [-0.1, -0.05) is 37.0 Å². The van der Waals surface area contributed by atoms with Crippen molar-refractivity contribution in [3.63, 3.8) is 0 Å². The summed E-state index contributed by atoms with van der Waals surface area (Å²) < 4.78 is 29.3. The molecule has 1 saturated carbocycles. The highest BCUT2D eigenvalue weighted by molar-refractivity contribution is 7.86. The summed E-state index contributed by atoms with van der Waals surface area (Å²) in [7, 11) is -3.78. The van der Waals surface area contributed by atoms with Gasteiger partial charge in [0.1, 0.15) is 6.29 Å². The molecule has 1 aliphatic carbocycles. The first-order valence-electron chi connectivity index (χ1n) is 6.90. The van der Waals surface area contributed by atoms with Crippen LogP contribution in [-0.4, -0.2) is 21.3 Å². The van der Waals surface area contributed by atoms with Gasteiger partial charge in [0, 0.05) is 0 Å². The van der Waals surface area contributed by atoms with Crippen LogP contribution in [0.25, 0.3) is 0 Å². The van der Waals surface area contributed by atoms with E-state index < -0.39 is 15.5 Å². The fourth-order valence-electron chi connectivity index (χ4n) is 2.52. The molecule has 1 aromatic carbocycles. The van der Waals surface area contributed by atoms with Gasteiger partial charge in [-0.05, 0) is 31.9 Å². The molecule has 0 atom stereocenters. The maximum atomic E-state index is 12.1. The van der Waals surface area contributed by atoms with E-state index in [2.05, 4.69) is 0 Å². The van der Waals surface area contributed by atoms with Crippen molar-refractivity contribution in [2.24, 2.45) is 5.41 Å². The van der Waals surface area contributed by atoms with Gasteiger partial charge in [0.25, 0.3) is 10.1 Å². The summed E-state index contributed by atoms with van der Waals surface area (Å²) in [4.78, 5) is 11.4. The van der Waals surface area contributed by atoms with Crippen LogP contribution in [0, 0.1) is 12.3 Å². The second-order valence-corrected chi connectivity index (χ2v) is 7.19. The van der Waals surface area contributed by atoms with Gasteiger partial charge in [-0.2, -0.15) is 8.42 Å². The minimum atomic E-state index is -3.78. The molecule has 0 aliphatic heterocycles. The molecule has 1 aliphatic rings. The van der Waals surface area contributed by atoms with E-state index in [1.165, 1.54) is 12.1 Å². The molecule has 0 unspecified atom stereocenters. The molecule has 0 radical (unpaired) electrons. The molecule has 0 spiro atoms. The van der Waals surface area contributed by atoms with Gasteiger partial charge >= 0.3 is 0 Å². The largest absolute Gasteiger partial charge is 0.303 e. The van der Waals surface area contributed by atoms with Crippen molar-refractivity contribution < 1.29 is 17.4 Å². The van der Waals surface area contributed by atoms with E-state index in [-0.39, 0.29) is 11.5 Å². The van der Waals surface area contributed by atoms with Crippen LogP contribution in [0.15, 0.2) is 29.2 Å². The summed E-state index contributed by atoms with van der Waals surface area (Å²) >= 11 is 0. The van der Waals surface area contributed by atoms with Gasteiger partial charge in [-0.3, -0.25) is 4.18 Å². The summed E-state index contributed by atoms with van der Waals surface area (Å²) in [5, 5.41) is 0. The number of aryl methyl sites for hydroxylation is 1. The maximum Gasteiger partial charge on any atom is 0.297 e. The predicted octanol–water partition coefficient (Wildman–Crippen LogP) is 2.85. The Hall–Kier alpha value is -1.20. The van der Waals surface area contributed by atoms with Gasteiger partial charge in [0.15, 0.2) is 0 Å². The van der Waals surface area contributed by atoms with Crippen LogP contribution in [0.3, 0.4) is 0 Å². The van der Waals surface area contributed by atoms with Crippen molar-refractivity contribution in [1.29, 1.82) is 0 Å². The minimum Gasteiger partial charge on any atom is -0.303 e. The van der Waals surface area contributed by atoms with Crippen molar-refractivity contribution in [2.75, 3.05) is 6.61 Å². The predicted molar refractivity (Wildman–Crippen MR) is 75.9 cm³/mol. The van der Waals surface area contributed by atoms with Gasteiger partial charge in [0.05, 0.1) is 16.9 Å². The van der Waals surface area contributed by atoms with Crippen LogP contribution in [0.4, 0.5) is 0 Å². The third kappa shape index (κ3) is 3.46. The molecule has 0 N–H and O–H groups in total. The normalized spacial score (nSPS) is 18.6. The van der Waals surface area contributed by atoms with Gasteiger partial charge in [-0.25, -0.2) is 0 Å². The Morgan fingerprint density at radius 3 is 2.30 bits per heavy atom. The quantitative estimate of drug-likeness (QED) is 0.619. The standard InChI is InChI=1S/C15H20O4S/c1-13-5-7-14(8-6-13)20(17,18)19-12-15(11-16)9-3-2-4-10-15/h5-8,11H,2-4,9-10,12H2,1H3. The van der Waals surface area contributed by atoms with E-state index in [1.807, 2.05) is 6.92 Å². The Balaban J connectivity index is 2.08. The highest BCUT2D eigenvalue weighted by Gasteiger charge is 2.34. The number of hydrogen-bond acceptors (Lipinski definition) is 4. The molecule has 1 aromatic rings. The molecule has 110 valence electrons. The average Bonchev–Trinajstić information content (AvgIpc) is 2.47. The number of hydrogen-bond donors (Lipinski definition) is 0. The van der Waals surface area contributed by atoms with Gasteiger partial charge in [0.2, 0.25) is 0 Å². The fourth-order valence-corrected chi connectivity index (χ4v) is 3.52. The molecule has 0 amide bonds. The number of carbonyl (C=O) groups is 1. The van der Waals surface area contributed by atoms with Gasteiger partial charge in [-0.15, -0.1) is 0 Å². The van der Waals surface area contributed by atoms with Crippen LogP contribution in [0.5, 0.6) is 0 Å². The summed E-state index contributed by atoms with van der Waals surface area (Å²) in [6.07, 6.45) is 5.29. The summed E-state index contributed by atoms with van der Waals surface area (Å²) in [5.74, 6) is 0. The monoisotopic (exact) mass is 296 g/mol. The highest BCUT2D eigenvalue weighted by atomic mass is 32.2. The number of benzene rings is 1. The lowest BCUT2D eigenvalue weighted by atomic mass is 9.76. The van der Waals surface area contributed by atoms with Crippen molar-refractivity contribution in [2.45, 2.75) is 43.9 Å². The average molecular weight is 296 g/mol. The first-order chi connectivity index (χ1) is 9.47. The molecular weight excluding hydrogens is 276 g/mol. The third-order valence-electron chi connectivity index (χ3n) is 3.91. The minimum absolute atomic E-state index is 0.0489. The molecule has 0 heterocycles.